The van der Waals surface area contributed by atoms with Crippen molar-refractivity contribution in [3.8, 4) is 5.75 Å². The smallest absolute Gasteiger partial charge is 0.289 e. The van der Waals surface area contributed by atoms with Gasteiger partial charge in [0.1, 0.15) is 11.3 Å². The number of fused-ring (bicyclic) bond motifs is 1. The minimum atomic E-state index is -0.0360. The monoisotopic (exact) mass is 391 g/mol. The van der Waals surface area contributed by atoms with Gasteiger partial charge < -0.3 is 19.1 Å². The molecule has 0 unspecified atom stereocenters. The molecule has 4 rings (SSSR count). The van der Waals surface area contributed by atoms with E-state index in [1.807, 2.05) is 24.1 Å². The summed E-state index contributed by atoms with van der Waals surface area (Å²) >= 11 is 7.86. The van der Waals surface area contributed by atoms with E-state index < -0.39 is 0 Å². The molecule has 0 atom stereocenters. The van der Waals surface area contributed by atoms with Gasteiger partial charge in [-0.3, -0.25) is 4.79 Å². The molecule has 1 aliphatic heterocycles. The molecule has 1 saturated heterocycles. The molecule has 0 spiro atoms. The molecule has 0 saturated carbocycles. The Labute approximate surface area is 159 Å². The number of aromatic nitrogens is 3. The quantitative estimate of drug-likeness (QED) is 0.686. The number of anilines is 1. The lowest BCUT2D eigenvalue weighted by Crippen LogP contribution is -2.49. The standard InChI is InChI=1S/C17H18ClN5O2S/c1-21-6-5-19-15(21)16(24)22-7-9-23(10-8-22)17-20-13-12(25-2)4-3-11(18)14(13)26-17/h3-6H,7-10H2,1-2H3. The van der Waals surface area contributed by atoms with Gasteiger partial charge in [0.15, 0.2) is 11.0 Å². The maximum atomic E-state index is 12.6. The van der Waals surface area contributed by atoms with Crippen LogP contribution in [0.15, 0.2) is 24.5 Å². The molecule has 1 aromatic carbocycles. The van der Waals surface area contributed by atoms with Crippen molar-refractivity contribution in [2.75, 3.05) is 38.2 Å². The molecule has 26 heavy (non-hydrogen) atoms. The van der Waals surface area contributed by atoms with Crippen molar-refractivity contribution in [2.45, 2.75) is 0 Å². The molecule has 0 aliphatic carbocycles. The summed E-state index contributed by atoms with van der Waals surface area (Å²) in [7, 11) is 3.46. The average molecular weight is 392 g/mol. The molecule has 2 aromatic heterocycles. The van der Waals surface area contributed by atoms with Crippen LogP contribution in [0.5, 0.6) is 5.75 Å². The summed E-state index contributed by atoms with van der Waals surface area (Å²) in [6, 6.07) is 3.66. The zero-order valence-electron chi connectivity index (χ0n) is 14.5. The largest absolute Gasteiger partial charge is 0.494 e. The first-order valence-electron chi connectivity index (χ1n) is 8.23. The molecule has 0 radical (unpaired) electrons. The summed E-state index contributed by atoms with van der Waals surface area (Å²) in [5, 5.41) is 1.57. The summed E-state index contributed by atoms with van der Waals surface area (Å²) < 4.78 is 8.06. The Hall–Kier alpha value is -2.32. The number of nitrogens with zero attached hydrogens (tertiary/aromatic N) is 5. The highest BCUT2D eigenvalue weighted by molar-refractivity contribution is 7.22. The SMILES string of the molecule is COc1ccc(Cl)c2sc(N3CCN(C(=O)c4nccn4C)CC3)nc12. The second-order valence-electron chi connectivity index (χ2n) is 6.06. The summed E-state index contributed by atoms with van der Waals surface area (Å²) in [6.45, 7) is 2.70. The summed E-state index contributed by atoms with van der Waals surface area (Å²) in [5.41, 5.74) is 0.784. The van der Waals surface area contributed by atoms with Gasteiger partial charge in [-0.1, -0.05) is 22.9 Å². The van der Waals surface area contributed by atoms with E-state index in [0.717, 1.165) is 34.2 Å². The number of piperazine rings is 1. The number of aryl methyl sites for hydroxylation is 1. The van der Waals surface area contributed by atoms with Gasteiger partial charge >= 0.3 is 0 Å². The number of rotatable bonds is 3. The van der Waals surface area contributed by atoms with Gasteiger partial charge in [-0.25, -0.2) is 9.97 Å². The maximum absolute atomic E-state index is 12.6. The summed E-state index contributed by atoms with van der Waals surface area (Å²) in [6.07, 6.45) is 3.42. The lowest BCUT2D eigenvalue weighted by molar-refractivity contribution is 0.0731. The Balaban J connectivity index is 1.52. The van der Waals surface area contributed by atoms with Crippen LogP contribution < -0.4 is 9.64 Å². The zero-order chi connectivity index (χ0) is 18.3. The van der Waals surface area contributed by atoms with Crippen LogP contribution in [0, 0.1) is 0 Å². The minimum Gasteiger partial charge on any atom is -0.494 e. The molecular formula is C17H18ClN5O2S. The Kier molecular flexibility index (Phi) is 4.46. The van der Waals surface area contributed by atoms with Crippen LogP contribution in [-0.2, 0) is 7.05 Å². The number of carbonyl (C=O) groups excluding carboxylic acids is 1. The van der Waals surface area contributed by atoms with Gasteiger partial charge in [0.05, 0.1) is 16.8 Å². The number of halogens is 1. The third-order valence-corrected chi connectivity index (χ3v) is 6.09. The van der Waals surface area contributed by atoms with Crippen LogP contribution in [0.3, 0.4) is 0 Å². The Morgan fingerprint density at radius 3 is 2.69 bits per heavy atom. The average Bonchev–Trinajstić information content (AvgIpc) is 3.29. The first kappa shape index (κ1) is 17.1. The fourth-order valence-electron chi connectivity index (χ4n) is 3.06. The van der Waals surface area contributed by atoms with Crippen LogP contribution in [0.25, 0.3) is 10.2 Å². The third-order valence-electron chi connectivity index (χ3n) is 4.52. The summed E-state index contributed by atoms with van der Waals surface area (Å²) in [5.74, 6) is 1.15. The van der Waals surface area contributed by atoms with E-state index in [2.05, 4.69) is 9.88 Å². The molecule has 9 heteroatoms. The molecule has 1 aliphatic rings. The fraction of sp³-hybridized carbons (Fsp3) is 0.353. The number of imidazole rings is 1. The van der Waals surface area contributed by atoms with Crippen molar-refractivity contribution in [3.05, 3.63) is 35.4 Å². The fourth-order valence-corrected chi connectivity index (χ4v) is 4.36. The van der Waals surface area contributed by atoms with Crippen molar-refractivity contribution < 1.29 is 9.53 Å². The first-order chi connectivity index (χ1) is 12.6. The maximum Gasteiger partial charge on any atom is 0.289 e. The van der Waals surface area contributed by atoms with E-state index in [9.17, 15) is 4.79 Å². The van der Waals surface area contributed by atoms with Crippen molar-refractivity contribution in [3.63, 3.8) is 0 Å². The molecule has 136 valence electrons. The highest BCUT2D eigenvalue weighted by Crippen LogP contribution is 2.38. The van der Waals surface area contributed by atoms with Gasteiger partial charge in [0.25, 0.3) is 5.91 Å². The molecule has 0 bridgehead atoms. The molecule has 3 aromatic rings. The topological polar surface area (TPSA) is 63.5 Å². The number of amides is 1. The summed E-state index contributed by atoms with van der Waals surface area (Å²) in [4.78, 5) is 25.4. The Bertz CT molecular complexity index is 961. The molecule has 1 fully saturated rings. The predicted molar refractivity (Wildman–Crippen MR) is 103 cm³/mol. The Morgan fingerprint density at radius 2 is 2.04 bits per heavy atom. The number of thiazole rings is 1. The molecule has 1 amide bonds. The number of ether oxygens (including phenoxy) is 1. The third kappa shape index (κ3) is 2.89. The number of benzene rings is 1. The second-order valence-corrected chi connectivity index (χ2v) is 7.45. The normalized spacial score (nSPS) is 14.9. The predicted octanol–water partition coefficient (Wildman–Crippen LogP) is 2.65. The highest BCUT2D eigenvalue weighted by Gasteiger charge is 2.26. The molecule has 0 N–H and O–H groups in total. The van der Waals surface area contributed by atoms with E-state index in [1.165, 1.54) is 0 Å². The van der Waals surface area contributed by atoms with Crippen LogP contribution in [0.2, 0.25) is 5.02 Å². The van der Waals surface area contributed by atoms with Gasteiger partial charge in [-0.15, -0.1) is 0 Å². The van der Waals surface area contributed by atoms with E-state index in [0.29, 0.717) is 23.9 Å². The van der Waals surface area contributed by atoms with Crippen LogP contribution in [-0.4, -0.2) is 58.6 Å². The zero-order valence-corrected chi connectivity index (χ0v) is 16.0. The molecule has 3 heterocycles. The van der Waals surface area contributed by atoms with Gasteiger partial charge in [-0.05, 0) is 12.1 Å². The number of hydrogen-bond acceptors (Lipinski definition) is 6. The van der Waals surface area contributed by atoms with Crippen molar-refractivity contribution in [2.24, 2.45) is 7.05 Å². The van der Waals surface area contributed by atoms with Crippen molar-refractivity contribution >= 4 is 44.2 Å². The molecule has 7 nitrogen and oxygen atoms in total. The van der Waals surface area contributed by atoms with Crippen molar-refractivity contribution in [1.29, 1.82) is 0 Å². The van der Waals surface area contributed by atoms with Gasteiger partial charge in [-0.2, -0.15) is 0 Å². The van der Waals surface area contributed by atoms with E-state index in [-0.39, 0.29) is 5.91 Å². The van der Waals surface area contributed by atoms with Crippen molar-refractivity contribution in [1.82, 2.24) is 19.4 Å². The lowest BCUT2D eigenvalue weighted by Gasteiger charge is -2.34. The number of carbonyl (C=O) groups is 1. The van der Waals surface area contributed by atoms with Crippen LogP contribution in [0.1, 0.15) is 10.6 Å². The first-order valence-corrected chi connectivity index (χ1v) is 9.42. The van der Waals surface area contributed by atoms with E-state index >= 15 is 0 Å². The second kappa shape index (κ2) is 6.77. The van der Waals surface area contributed by atoms with Gasteiger partial charge in [0.2, 0.25) is 0 Å². The Morgan fingerprint density at radius 1 is 1.27 bits per heavy atom. The van der Waals surface area contributed by atoms with E-state index in [4.69, 9.17) is 21.3 Å². The number of hydrogen-bond donors (Lipinski definition) is 0. The minimum absolute atomic E-state index is 0.0360. The lowest BCUT2D eigenvalue weighted by atomic mass is 10.3. The number of methoxy groups -OCH3 is 1. The van der Waals surface area contributed by atoms with Gasteiger partial charge in [0, 0.05) is 45.6 Å². The van der Waals surface area contributed by atoms with E-state index in [1.54, 1.807) is 35.4 Å². The highest BCUT2D eigenvalue weighted by atomic mass is 35.5. The molecular weight excluding hydrogens is 374 g/mol. The van der Waals surface area contributed by atoms with Crippen LogP contribution in [0.4, 0.5) is 5.13 Å². The van der Waals surface area contributed by atoms with Crippen LogP contribution >= 0.6 is 22.9 Å².